The molecular weight excluding hydrogens is 286 g/mol. The van der Waals surface area contributed by atoms with Gasteiger partial charge in [0.15, 0.2) is 18.5 Å². The first kappa shape index (κ1) is 17.3. The van der Waals surface area contributed by atoms with E-state index in [0.29, 0.717) is 0 Å². The smallest absolute Gasteiger partial charge is 0.303 e. The molecule has 21 heavy (non-hydrogen) atoms. The van der Waals surface area contributed by atoms with E-state index in [0.717, 1.165) is 13.8 Å². The fourth-order valence-electron chi connectivity index (χ4n) is 2.12. The Balaban J connectivity index is 3.08. The molecule has 0 saturated carbocycles. The Hall–Kier alpha value is -1.71. The summed E-state index contributed by atoms with van der Waals surface area (Å²) in [5.41, 5.74) is 0. The molecule has 5 atom stereocenters. The zero-order valence-corrected chi connectivity index (χ0v) is 11.9. The van der Waals surface area contributed by atoms with E-state index in [2.05, 4.69) is 5.32 Å². The highest BCUT2D eigenvalue weighted by atomic mass is 16.7. The van der Waals surface area contributed by atoms with E-state index in [4.69, 9.17) is 14.2 Å². The van der Waals surface area contributed by atoms with Crippen molar-refractivity contribution in [2.24, 2.45) is 0 Å². The molecule has 3 N–H and O–H groups in total. The monoisotopic (exact) mass is 305 g/mol. The van der Waals surface area contributed by atoms with Crippen molar-refractivity contribution in [3.05, 3.63) is 0 Å². The van der Waals surface area contributed by atoms with Crippen LogP contribution in [0.5, 0.6) is 0 Å². The molecule has 0 aromatic heterocycles. The second-order valence-corrected chi connectivity index (χ2v) is 4.62. The molecule has 1 heterocycles. The maximum atomic E-state index is 11.2. The lowest BCUT2D eigenvalue weighted by molar-refractivity contribution is -0.263. The summed E-state index contributed by atoms with van der Waals surface area (Å²) in [6, 6.07) is -1.13. The summed E-state index contributed by atoms with van der Waals surface area (Å²) in [5, 5.41) is 21.5. The maximum Gasteiger partial charge on any atom is 0.303 e. The van der Waals surface area contributed by atoms with E-state index in [-0.39, 0.29) is 0 Å². The van der Waals surface area contributed by atoms with Gasteiger partial charge in [0.2, 0.25) is 5.91 Å². The van der Waals surface area contributed by atoms with E-state index in [9.17, 15) is 24.6 Å². The van der Waals surface area contributed by atoms with Gasteiger partial charge in [-0.25, -0.2) is 0 Å². The molecule has 1 aliphatic heterocycles. The third-order valence-electron chi connectivity index (χ3n) is 2.82. The fraction of sp³-hybridized carbons (Fsp3) is 0.750. The number of hydrogen-bond acceptors (Lipinski definition) is 8. The average Bonchev–Trinajstić information content (AvgIpc) is 2.35. The van der Waals surface area contributed by atoms with Crippen LogP contribution in [0, 0.1) is 0 Å². The van der Waals surface area contributed by atoms with Gasteiger partial charge in [-0.05, 0) is 0 Å². The summed E-state index contributed by atoms with van der Waals surface area (Å²) in [6.07, 6.45) is -4.95. The molecule has 1 fully saturated rings. The number of carbonyl (C=O) groups is 3. The van der Waals surface area contributed by atoms with Gasteiger partial charge in [0, 0.05) is 20.8 Å². The molecular formula is C12H19NO8. The zero-order chi connectivity index (χ0) is 16.2. The van der Waals surface area contributed by atoms with E-state index in [1.165, 1.54) is 6.92 Å². The first-order valence-corrected chi connectivity index (χ1v) is 6.32. The minimum atomic E-state index is -1.53. The summed E-state index contributed by atoms with van der Waals surface area (Å²) in [5.74, 6) is -1.88. The highest BCUT2D eigenvalue weighted by molar-refractivity contribution is 5.73. The Morgan fingerprint density at radius 1 is 1.10 bits per heavy atom. The van der Waals surface area contributed by atoms with E-state index in [1.807, 2.05) is 0 Å². The Morgan fingerprint density at radius 2 is 1.62 bits per heavy atom. The second kappa shape index (κ2) is 7.34. The van der Waals surface area contributed by atoms with Crippen LogP contribution in [0.15, 0.2) is 0 Å². The number of ether oxygens (including phenoxy) is 3. The van der Waals surface area contributed by atoms with Crippen molar-refractivity contribution in [3.63, 3.8) is 0 Å². The lowest BCUT2D eigenvalue weighted by Gasteiger charge is -2.43. The third kappa shape index (κ3) is 4.66. The average molecular weight is 305 g/mol. The SMILES string of the molecule is CC(=O)N[C@@H]1[C@@H](OC(C)=O)[C@H](OC(C)=O)[C@H](CO)O[C@H]1O. The van der Waals surface area contributed by atoms with E-state index < -0.39 is 55.1 Å². The molecule has 0 bridgehead atoms. The Morgan fingerprint density at radius 3 is 2.05 bits per heavy atom. The minimum Gasteiger partial charge on any atom is -0.456 e. The van der Waals surface area contributed by atoms with Gasteiger partial charge in [-0.1, -0.05) is 0 Å². The van der Waals surface area contributed by atoms with Crippen LogP contribution in [0.3, 0.4) is 0 Å². The van der Waals surface area contributed by atoms with Gasteiger partial charge in [-0.3, -0.25) is 14.4 Å². The van der Waals surface area contributed by atoms with Crippen LogP contribution in [0.2, 0.25) is 0 Å². The van der Waals surface area contributed by atoms with Crippen LogP contribution < -0.4 is 5.32 Å². The Bertz CT molecular complexity index is 412. The maximum absolute atomic E-state index is 11.2. The number of esters is 2. The van der Waals surface area contributed by atoms with Crippen LogP contribution >= 0.6 is 0 Å². The van der Waals surface area contributed by atoms with Gasteiger partial charge >= 0.3 is 11.9 Å². The van der Waals surface area contributed by atoms with Crippen LogP contribution in [-0.4, -0.2) is 65.3 Å². The quantitative estimate of drug-likeness (QED) is 0.511. The van der Waals surface area contributed by atoms with Crippen molar-refractivity contribution in [1.29, 1.82) is 0 Å². The number of amides is 1. The van der Waals surface area contributed by atoms with Crippen molar-refractivity contribution < 1.29 is 38.8 Å². The minimum absolute atomic E-state index is 0.496. The first-order valence-electron chi connectivity index (χ1n) is 6.32. The van der Waals surface area contributed by atoms with Crippen LogP contribution in [0.4, 0.5) is 0 Å². The standard InChI is InChI=1S/C12H19NO8/c1-5(15)13-9-11(20-7(3)17)10(19-6(2)16)8(4-14)21-12(9)18/h8-12,14,18H,4H2,1-3H3,(H,13,15)/t8-,9+,10+,11+,12+/m0/s1. The first-order chi connectivity index (χ1) is 9.76. The van der Waals surface area contributed by atoms with Gasteiger partial charge in [0.05, 0.1) is 6.61 Å². The molecule has 0 unspecified atom stereocenters. The summed E-state index contributed by atoms with van der Waals surface area (Å²) in [4.78, 5) is 33.6. The third-order valence-corrected chi connectivity index (χ3v) is 2.82. The lowest BCUT2D eigenvalue weighted by Crippen LogP contribution is -2.65. The molecule has 0 aliphatic carbocycles. The van der Waals surface area contributed by atoms with Crippen molar-refractivity contribution >= 4 is 17.8 Å². The zero-order valence-electron chi connectivity index (χ0n) is 11.9. The normalized spacial score (nSPS) is 32.1. The molecule has 1 rings (SSSR count). The predicted molar refractivity (Wildman–Crippen MR) is 66.7 cm³/mol. The van der Waals surface area contributed by atoms with Crippen molar-refractivity contribution in [1.82, 2.24) is 5.32 Å². The van der Waals surface area contributed by atoms with Gasteiger partial charge in [-0.15, -0.1) is 0 Å². The molecule has 1 amide bonds. The van der Waals surface area contributed by atoms with Crippen LogP contribution in [-0.2, 0) is 28.6 Å². The number of aliphatic hydroxyl groups excluding tert-OH is 2. The van der Waals surface area contributed by atoms with Crippen molar-refractivity contribution in [2.75, 3.05) is 6.61 Å². The molecule has 0 radical (unpaired) electrons. The van der Waals surface area contributed by atoms with Crippen LogP contribution in [0.25, 0.3) is 0 Å². The van der Waals surface area contributed by atoms with Gasteiger partial charge in [0.1, 0.15) is 12.1 Å². The highest BCUT2D eigenvalue weighted by Crippen LogP contribution is 2.25. The molecule has 9 heteroatoms. The molecule has 9 nitrogen and oxygen atoms in total. The molecule has 0 aromatic rings. The number of rotatable bonds is 4. The van der Waals surface area contributed by atoms with Gasteiger partial charge in [-0.2, -0.15) is 0 Å². The topological polar surface area (TPSA) is 131 Å². The molecule has 0 aromatic carbocycles. The molecule has 120 valence electrons. The van der Waals surface area contributed by atoms with Crippen molar-refractivity contribution in [3.8, 4) is 0 Å². The largest absolute Gasteiger partial charge is 0.456 e. The lowest BCUT2D eigenvalue weighted by atomic mass is 9.96. The number of carbonyl (C=O) groups excluding carboxylic acids is 3. The second-order valence-electron chi connectivity index (χ2n) is 4.62. The number of hydrogen-bond donors (Lipinski definition) is 3. The molecule has 0 spiro atoms. The van der Waals surface area contributed by atoms with Gasteiger partial charge < -0.3 is 29.7 Å². The summed E-state index contributed by atoms with van der Waals surface area (Å²) < 4.78 is 15.1. The van der Waals surface area contributed by atoms with Crippen molar-refractivity contribution in [2.45, 2.75) is 51.4 Å². The number of nitrogens with one attached hydrogen (secondary N) is 1. The Labute approximate surface area is 121 Å². The summed E-state index contributed by atoms with van der Waals surface area (Å²) in [7, 11) is 0. The highest BCUT2D eigenvalue weighted by Gasteiger charge is 2.49. The predicted octanol–water partition coefficient (Wildman–Crippen LogP) is -1.94. The van der Waals surface area contributed by atoms with E-state index in [1.54, 1.807) is 0 Å². The summed E-state index contributed by atoms with van der Waals surface area (Å²) in [6.45, 7) is 2.90. The molecule has 1 aliphatic rings. The summed E-state index contributed by atoms with van der Waals surface area (Å²) >= 11 is 0. The fourth-order valence-corrected chi connectivity index (χ4v) is 2.12. The van der Waals surface area contributed by atoms with Gasteiger partial charge in [0.25, 0.3) is 0 Å². The van der Waals surface area contributed by atoms with E-state index >= 15 is 0 Å². The number of aliphatic hydroxyl groups is 2. The molecule has 1 saturated heterocycles. The van der Waals surface area contributed by atoms with Crippen LogP contribution in [0.1, 0.15) is 20.8 Å². The Kier molecular flexibility index (Phi) is 6.06.